The van der Waals surface area contributed by atoms with Gasteiger partial charge in [-0.05, 0) is 50.5 Å². The molecule has 2 aromatic carbocycles. The van der Waals surface area contributed by atoms with Crippen molar-refractivity contribution in [2.24, 2.45) is 0 Å². The minimum atomic E-state index is -4.49. The molecule has 0 atom stereocenters. The Hall–Kier alpha value is -3.37. The Morgan fingerprint density at radius 3 is 2.50 bits per heavy atom. The number of likely N-dealkylation sites (N-methyl/N-ethyl adjacent to an activating group) is 1. The highest BCUT2D eigenvalue weighted by molar-refractivity contribution is 5.67. The van der Waals surface area contributed by atoms with Crippen molar-refractivity contribution in [3.8, 4) is 17.0 Å². The third-order valence-corrected chi connectivity index (χ3v) is 6.16. The summed E-state index contributed by atoms with van der Waals surface area (Å²) in [5, 5.41) is 2.93. The molecule has 1 aliphatic rings. The van der Waals surface area contributed by atoms with Crippen molar-refractivity contribution in [2.75, 3.05) is 70.7 Å². The number of ether oxygens (including phenoxy) is 1. The molecule has 0 unspecified atom stereocenters. The summed E-state index contributed by atoms with van der Waals surface area (Å²) in [4.78, 5) is 14.9. The summed E-state index contributed by atoms with van der Waals surface area (Å²) in [6.45, 7) is 4.40. The smallest absolute Gasteiger partial charge is 0.418 e. The Morgan fingerprint density at radius 1 is 1.03 bits per heavy atom. The number of hydrogen-bond acceptors (Lipinski definition) is 7. The molecule has 7 nitrogen and oxygen atoms in total. The van der Waals surface area contributed by atoms with Crippen molar-refractivity contribution >= 4 is 17.3 Å². The van der Waals surface area contributed by atoms with E-state index in [1.54, 1.807) is 25.4 Å². The lowest BCUT2D eigenvalue weighted by Gasteiger charge is -2.37. The minimum Gasteiger partial charge on any atom is -0.497 e. The largest absolute Gasteiger partial charge is 0.497 e. The molecule has 0 aliphatic carbocycles. The number of alkyl halides is 3. The van der Waals surface area contributed by atoms with Gasteiger partial charge in [-0.15, -0.1) is 0 Å². The fraction of sp³-hybridized carbons (Fsp3) is 0.385. The van der Waals surface area contributed by atoms with Gasteiger partial charge >= 0.3 is 6.18 Å². The molecule has 0 bridgehead atoms. The molecule has 0 spiro atoms. The number of nitrogens with zero attached hydrogens (tertiary/aromatic N) is 5. The van der Waals surface area contributed by atoms with Crippen LogP contribution in [0.25, 0.3) is 11.3 Å². The first-order valence-electron chi connectivity index (χ1n) is 11.8. The summed E-state index contributed by atoms with van der Waals surface area (Å²) >= 11 is 0. The fourth-order valence-electron chi connectivity index (χ4n) is 4.16. The van der Waals surface area contributed by atoms with Crippen LogP contribution in [0.4, 0.5) is 30.5 Å². The van der Waals surface area contributed by atoms with E-state index in [4.69, 9.17) is 4.74 Å². The van der Waals surface area contributed by atoms with Gasteiger partial charge in [-0.1, -0.05) is 12.1 Å². The van der Waals surface area contributed by atoms with Crippen LogP contribution in [0.5, 0.6) is 5.75 Å². The summed E-state index contributed by atoms with van der Waals surface area (Å²) in [6.07, 6.45) is -2.92. The number of halogens is 3. The second-order valence-corrected chi connectivity index (χ2v) is 8.98. The number of hydrogen-bond donors (Lipinski definition) is 1. The van der Waals surface area contributed by atoms with Crippen molar-refractivity contribution < 1.29 is 17.9 Å². The minimum absolute atomic E-state index is 0.200. The molecule has 0 saturated carbocycles. The van der Waals surface area contributed by atoms with Gasteiger partial charge in [-0.3, -0.25) is 4.90 Å². The molecular weight excluding hydrogens is 469 g/mol. The van der Waals surface area contributed by atoms with Crippen molar-refractivity contribution in [2.45, 2.75) is 6.18 Å². The van der Waals surface area contributed by atoms with Crippen molar-refractivity contribution in [3.05, 3.63) is 60.3 Å². The van der Waals surface area contributed by atoms with Crippen LogP contribution in [0.3, 0.4) is 0 Å². The third kappa shape index (κ3) is 6.44. The zero-order valence-corrected chi connectivity index (χ0v) is 20.7. The van der Waals surface area contributed by atoms with Gasteiger partial charge in [0.15, 0.2) is 0 Å². The SMILES string of the molecule is COc1cccc(-c2ccnc(Nc3ccc(N4CCN(CCN(C)C)CC4)c(C(F)(F)F)c3)n2)c1. The second-order valence-electron chi connectivity index (χ2n) is 8.98. The van der Waals surface area contributed by atoms with Gasteiger partial charge in [0.05, 0.1) is 18.4 Å². The number of aromatic nitrogens is 2. The van der Waals surface area contributed by atoms with Crippen LogP contribution in [0.1, 0.15) is 5.56 Å². The van der Waals surface area contributed by atoms with Gasteiger partial charge in [-0.25, -0.2) is 9.97 Å². The van der Waals surface area contributed by atoms with Gasteiger partial charge in [0.25, 0.3) is 0 Å². The molecule has 36 heavy (non-hydrogen) atoms. The summed E-state index contributed by atoms with van der Waals surface area (Å²) < 4.78 is 47.4. The topological polar surface area (TPSA) is 56.8 Å². The third-order valence-electron chi connectivity index (χ3n) is 6.16. The standard InChI is InChI=1S/C26H31F3N6O/c1-33(2)11-12-34-13-15-35(16-14-34)24-8-7-20(18-22(24)26(27,28)29)31-25-30-10-9-23(32-25)19-5-4-6-21(17-19)36-3/h4-10,17-18H,11-16H2,1-3H3,(H,30,31,32). The number of rotatable bonds is 8. The Kier molecular flexibility index (Phi) is 7.95. The van der Waals surface area contributed by atoms with E-state index in [2.05, 4.69) is 25.1 Å². The fourth-order valence-corrected chi connectivity index (χ4v) is 4.16. The number of benzene rings is 2. The molecule has 10 heteroatoms. The number of nitrogens with one attached hydrogen (secondary N) is 1. The van der Waals surface area contributed by atoms with Crippen LogP contribution in [0.2, 0.25) is 0 Å². The average Bonchev–Trinajstić information content (AvgIpc) is 2.87. The first kappa shape index (κ1) is 25.7. The van der Waals surface area contributed by atoms with Crippen LogP contribution < -0.4 is 15.0 Å². The van der Waals surface area contributed by atoms with Crippen LogP contribution in [-0.2, 0) is 6.18 Å². The van der Waals surface area contributed by atoms with Crippen LogP contribution in [0, 0.1) is 0 Å². The summed E-state index contributed by atoms with van der Waals surface area (Å²) in [7, 11) is 5.61. The lowest BCUT2D eigenvalue weighted by atomic mass is 10.1. The van der Waals surface area contributed by atoms with Gasteiger partial charge in [-0.2, -0.15) is 13.2 Å². The monoisotopic (exact) mass is 500 g/mol. The first-order chi connectivity index (χ1) is 17.2. The Labute approximate surface area is 209 Å². The van der Waals surface area contributed by atoms with E-state index in [0.29, 0.717) is 24.5 Å². The lowest BCUT2D eigenvalue weighted by molar-refractivity contribution is -0.137. The second kappa shape index (κ2) is 11.1. The van der Waals surface area contributed by atoms with Crippen molar-refractivity contribution in [1.82, 2.24) is 19.8 Å². The van der Waals surface area contributed by atoms with E-state index in [9.17, 15) is 13.2 Å². The van der Waals surface area contributed by atoms with E-state index in [1.165, 1.54) is 6.07 Å². The Balaban J connectivity index is 1.52. The molecule has 3 aromatic rings. The lowest BCUT2D eigenvalue weighted by Crippen LogP contribution is -2.48. The predicted octanol–water partition coefficient (Wildman–Crippen LogP) is 4.60. The Bertz CT molecular complexity index is 1160. The Morgan fingerprint density at radius 2 is 1.81 bits per heavy atom. The molecule has 1 aliphatic heterocycles. The van der Waals surface area contributed by atoms with Crippen molar-refractivity contribution in [1.29, 1.82) is 0 Å². The van der Waals surface area contributed by atoms with Crippen molar-refractivity contribution in [3.63, 3.8) is 0 Å². The highest BCUT2D eigenvalue weighted by Crippen LogP contribution is 2.39. The average molecular weight is 501 g/mol. The highest BCUT2D eigenvalue weighted by Gasteiger charge is 2.36. The van der Waals surface area contributed by atoms with Crippen LogP contribution >= 0.6 is 0 Å². The quantitative estimate of drug-likeness (QED) is 0.485. The molecule has 4 rings (SSSR count). The number of anilines is 3. The van der Waals surface area contributed by atoms with Gasteiger partial charge in [0.1, 0.15) is 5.75 Å². The molecule has 2 heterocycles. The highest BCUT2D eigenvalue weighted by atomic mass is 19.4. The van der Waals surface area contributed by atoms with Crippen LogP contribution in [-0.4, -0.2) is 80.2 Å². The summed E-state index contributed by atoms with van der Waals surface area (Å²) in [5.74, 6) is 0.898. The van der Waals surface area contributed by atoms with E-state index in [-0.39, 0.29) is 17.3 Å². The molecule has 1 saturated heterocycles. The normalized spacial score (nSPS) is 14.8. The molecule has 0 amide bonds. The van der Waals surface area contributed by atoms with E-state index in [0.717, 1.165) is 37.8 Å². The van der Waals surface area contributed by atoms with Crippen LogP contribution in [0.15, 0.2) is 54.7 Å². The van der Waals surface area contributed by atoms with Gasteiger partial charge in [0, 0.05) is 62.4 Å². The zero-order chi connectivity index (χ0) is 25.7. The molecule has 192 valence electrons. The maximum Gasteiger partial charge on any atom is 0.418 e. The van der Waals surface area contributed by atoms with Gasteiger partial charge in [0.2, 0.25) is 5.95 Å². The maximum absolute atomic E-state index is 14.1. The molecular formula is C26H31F3N6O. The molecule has 1 fully saturated rings. The molecule has 1 N–H and O–H groups in total. The summed E-state index contributed by atoms with van der Waals surface area (Å²) in [5.41, 5.74) is 1.25. The van der Waals surface area contributed by atoms with E-state index in [1.807, 2.05) is 43.3 Å². The first-order valence-corrected chi connectivity index (χ1v) is 11.8. The number of piperazine rings is 1. The predicted molar refractivity (Wildman–Crippen MR) is 136 cm³/mol. The summed E-state index contributed by atoms with van der Waals surface area (Å²) in [6, 6.07) is 13.4. The van der Waals surface area contributed by atoms with E-state index < -0.39 is 11.7 Å². The maximum atomic E-state index is 14.1. The molecule has 0 radical (unpaired) electrons. The molecule has 1 aromatic heterocycles. The van der Waals surface area contributed by atoms with E-state index >= 15 is 0 Å². The number of methoxy groups -OCH3 is 1. The zero-order valence-electron chi connectivity index (χ0n) is 20.7. The van der Waals surface area contributed by atoms with Gasteiger partial charge < -0.3 is 19.9 Å².